The van der Waals surface area contributed by atoms with Crippen LogP contribution in [0.5, 0.6) is 0 Å². The highest BCUT2D eigenvalue weighted by atomic mass is 32.3. The largest absolute Gasteiger partial charge is 0.460 e. The molecule has 0 saturated heterocycles. The molecule has 0 heterocycles. The van der Waals surface area contributed by atoms with E-state index >= 15 is 0 Å². The molecule has 0 aliphatic heterocycles. The molecular weight excluding hydrogens is 407 g/mol. The first-order valence-corrected chi connectivity index (χ1v) is 9.44. The lowest BCUT2D eigenvalue weighted by Crippen LogP contribution is -2.63. The van der Waals surface area contributed by atoms with E-state index < -0.39 is 55.2 Å². The van der Waals surface area contributed by atoms with Crippen molar-refractivity contribution in [2.45, 2.75) is 30.2 Å². The summed E-state index contributed by atoms with van der Waals surface area (Å²) in [5.41, 5.74) is 0. The lowest BCUT2D eigenvalue weighted by molar-refractivity contribution is -0.382. The van der Waals surface area contributed by atoms with E-state index in [2.05, 4.69) is 3.63 Å². The molecule has 0 saturated carbocycles. The van der Waals surface area contributed by atoms with Crippen molar-refractivity contribution in [2.75, 3.05) is 18.3 Å². The van der Waals surface area contributed by atoms with Crippen molar-refractivity contribution >= 4 is 26.2 Å². The second-order valence-electron chi connectivity index (χ2n) is 4.97. The summed E-state index contributed by atoms with van der Waals surface area (Å²) in [6.45, 7) is 0.856. The lowest BCUT2D eigenvalue weighted by atomic mass is 10.1. The Labute approximate surface area is 132 Å². The van der Waals surface area contributed by atoms with Gasteiger partial charge in [-0.25, -0.2) is 3.63 Å². The molecule has 0 aromatic rings. The van der Waals surface area contributed by atoms with Gasteiger partial charge >= 0.3 is 33.4 Å². The van der Waals surface area contributed by atoms with Gasteiger partial charge in [0, 0.05) is 0 Å². The number of carbonyl (C=O) groups is 1. The highest BCUT2D eigenvalue weighted by molar-refractivity contribution is 8.32. The highest BCUT2D eigenvalue weighted by Crippen LogP contribution is 2.57. The Bertz CT molecular complexity index is 595. The minimum absolute atomic E-state index is 0.738. The zero-order valence-electron chi connectivity index (χ0n) is 12.1. The van der Waals surface area contributed by atoms with E-state index in [0.717, 1.165) is 19.4 Å². The van der Waals surface area contributed by atoms with Gasteiger partial charge in [-0.05, 0) is 19.4 Å². The number of Topliss-reactive ketones (excluding diaryl/α,β-unsaturated/α-hetero) is 1. The molecule has 4 nitrogen and oxygen atoms in total. The van der Waals surface area contributed by atoms with E-state index in [0.29, 0.717) is 0 Å². The van der Waals surface area contributed by atoms with Crippen LogP contribution in [-0.2, 0) is 18.5 Å². The van der Waals surface area contributed by atoms with Gasteiger partial charge in [0.1, 0.15) is 5.78 Å². The van der Waals surface area contributed by atoms with Crippen LogP contribution < -0.4 is 0 Å². The van der Waals surface area contributed by atoms with Gasteiger partial charge in [-0.15, -0.1) is 10.3 Å². The van der Waals surface area contributed by atoms with Crippen LogP contribution in [0.2, 0.25) is 0 Å². The minimum atomic E-state index is -7.36. The van der Waals surface area contributed by atoms with E-state index in [1.54, 1.807) is 0 Å². The number of rotatable bonds is 7. The van der Waals surface area contributed by atoms with Gasteiger partial charge < -0.3 is 0 Å². The fraction of sp³-hybridized carbons (Fsp3) is 0.889. The fourth-order valence-corrected chi connectivity index (χ4v) is 5.21. The zero-order chi connectivity index (χ0) is 20.0. The molecule has 0 aliphatic carbocycles. The minimum Gasteiger partial charge on any atom is -0.299 e. The van der Waals surface area contributed by atoms with Crippen LogP contribution in [0.1, 0.15) is 6.92 Å². The van der Waals surface area contributed by atoms with Crippen molar-refractivity contribution in [3.63, 3.8) is 0 Å². The summed E-state index contributed by atoms with van der Waals surface area (Å²) in [5.74, 6) is -16.4. The molecule has 0 aliphatic rings. The summed E-state index contributed by atoms with van der Waals surface area (Å²) < 4.78 is 140. The third-order valence-corrected chi connectivity index (χ3v) is 6.43. The SMILES string of the molecule is CC(=O)CS(C)(C)OS(=O)(=O)C(F)(F)C(F)(F)C(F)(F)C(F)(F)F. The van der Waals surface area contributed by atoms with Gasteiger partial charge in [0.25, 0.3) is 0 Å². The van der Waals surface area contributed by atoms with Crippen molar-refractivity contribution in [3.8, 4) is 0 Å². The second kappa shape index (κ2) is 6.23. The standard InChI is InChI=1S/C9H11F9O4S2/c1-5(19)4-23(2,3)22-24(20,21)9(17,18)7(12,13)6(10,11)8(14,15)16/h4H2,1-3H3. The van der Waals surface area contributed by atoms with Gasteiger partial charge in [0.15, 0.2) is 0 Å². The highest BCUT2D eigenvalue weighted by Gasteiger charge is 2.86. The fourth-order valence-electron chi connectivity index (χ4n) is 1.32. The quantitative estimate of drug-likeness (QED) is 0.596. The normalized spacial score (nSPS) is 16.2. The average Bonchev–Trinajstić information content (AvgIpc) is 2.22. The van der Waals surface area contributed by atoms with Crippen molar-refractivity contribution < 1.29 is 56.4 Å². The number of alkyl halides is 9. The molecule has 15 heteroatoms. The molecule has 0 aromatic carbocycles. The summed E-state index contributed by atoms with van der Waals surface area (Å²) in [5, 5.41) is -6.92. The number of carbonyl (C=O) groups excluding carboxylic acids is 1. The molecular formula is C9H11F9O4S2. The first-order valence-electron chi connectivity index (χ1n) is 5.48. The topological polar surface area (TPSA) is 60.4 Å². The van der Waals surface area contributed by atoms with Crippen molar-refractivity contribution in [1.82, 2.24) is 0 Å². The Morgan fingerprint density at radius 1 is 0.875 bits per heavy atom. The van der Waals surface area contributed by atoms with Gasteiger partial charge in [0.05, 0.1) is 5.75 Å². The third-order valence-electron chi connectivity index (χ3n) is 2.25. The number of hydrogen-bond donors (Lipinski definition) is 0. The van der Waals surface area contributed by atoms with Crippen molar-refractivity contribution in [3.05, 3.63) is 0 Å². The molecule has 146 valence electrons. The molecule has 0 bridgehead atoms. The van der Waals surface area contributed by atoms with Gasteiger partial charge in [-0.1, -0.05) is 0 Å². The predicted octanol–water partition coefficient (Wildman–Crippen LogP) is 3.33. The lowest BCUT2D eigenvalue weighted by Gasteiger charge is -2.35. The third kappa shape index (κ3) is 4.09. The Morgan fingerprint density at radius 2 is 1.25 bits per heavy atom. The van der Waals surface area contributed by atoms with E-state index in [1.807, 2.05) is 0 Å². The predicted molar refractivity (Wildman–Crippen MR) is 65.9 cm³/mol. The molecule has 0 unspecified atom stereocenters. The maximum Gasteiger partial charge on any atom is 0.460 e. The molecule has 0 amide bonds. The first kappa shape index (κ1) is 23.3. The Balaban J connectivity index is 6.00. The van der Waals surface area contributed by atoms with Crippen molar-refractivity contribution in [1.29, 1.82) is 0 Å². The van der Waals surface area contributed by atoms with Gasteiger partial charge in [-0.2, -0.15) is 47.9 Å². The zero-order valence-corrected chi connectivity index (χ0v) is 13.7. The van der Waals surface area contributed by atoms with Crippen LogP contribution in [0.3, 0.4) is 0 Å². The maximum atomic E-state index is 13.4. The monoisotopic (exact) mass is 418 g/mol. The molecule has 0 N–H and O–H groups in total. The Morgan fingerprint density at radius 3 is 1.54 bits per heavy atom. The van der Waals surface area contributed by atoms with Crippen molar-refractivity contribution in [2.24, 2.45) is 0 Å². The van der Waals surface area contributed by atoms with Crippen LogP contribution in [0.25, 0.3) is 0 Å². The Kier molecular flexibility index (Phi) is 6.05. The smallest absolute Gasteiger partial charge is 0.299 e. The summed E-state index contributed by atoms with van der Waals surface area (Å²) in [6.07, 6.45) is -5.68. The number of halogens is 9. The average molecular weight is 418 g/mol. The van der Waals surface area contributed by atoms with Crippen LogP contribution in [0.4, 0.5) is 39.5 Å². The molecule has 0 atom stereocenters. The van der Waals surface area contributed by atoms with E-state index in [1.165, 1.54) is 0 Å². The van der Waals surface area contributed by atoms with Crippen LogP contribution in [0.15, 0.2) is 0 Å². The molecule has 0 fully saturated rings. The van der Waals surface area contributed by atoms with Gasteiger partial charge in [0.2, 0.25) is 0 Å². The first-order chi connectivity index (χ1) is 10.1. The molecule has 0 aromatic heterocycles. The van der Waals surface area contributed by atoms with Crippen LogP contribution in [0, 0.1) is 0 Å². The maximum absolute atomic E-state index is 13.4. The Hall–Kier alpha value is -0.700. The number of hydrogen-bond acceptors (Lipinski definition) is 4. The van der Waals surface area contributed by atoms with E-state index in [9.17, 15) is 52.7 Å². The summed E-state index contributed by atoms with van der Waals surface area (Å²) in [4.78, 5) is 10.8. The summed E-state index contributed by atoms with van der Waals surface area (Å²) >= 11 is 0. The van der Waals surface area contributed by atoms with E-state index in [-0.39, 0.29) is 0 Å². The summed E-state index contributed by atoms with van der Waals surface area (Å²) in [7, 11) is -10.3. The molecule has 24 heavy (non-hydrogen) atoms. The summed E-state index contributed by atoms with van der Waals surface area (Å²) in [6, 6.07) is 0. The number of ketones is 1. The van der Waals surface area contributed by atoms with Crippen LogP contribution >= 0.6 is 10.3 Å². The van der Waals surface area contributed by atoms with Gasteiger partial charge in [-0.3, -0.25) is 4.79 Å². The molecule has 0 spiro atoms. The molecule has 0 rings (SSSR count). The molecule has 0 radical (unpaired) electrons. The second-order valence-corrected chi connectivity index (χ2v) is 10.1. The van der Waals surface area contributed by atoms with E-state index in [4.69, 9.17) is 0 Å². The van der Waals surface area contributed by atoms with Crippen LogP contribution in [-0.4, -0.2) is 55.7 Å².